The molecule has 1 amide bonds. The zero-order valence-corrected chi connectivity index (χ0v) is 8.11. The maximum absolute atomic E-state index is 10.8. The Labute approximate surface area is 73.3 Å². The Kier molecular flexibility index (Phi) is 5.30. The molecule has 66 valence electrons. The van der Waals surface area contributed by atoms with E-state index < -0.39 is 0 Å². The monoisotopic (exact) mass is 177 g/mol. The van der Waals surface area contributed by atoms with E-state index in [0.717, 1.165) is 0 Å². The predicted octanol–water partition coefficient (Wildman–Crippen LogP) is 1.78. The van der Waals surface area contributed by atoms with E-state index in [1.807, 2.05) is 20.8 Å². The quantitative estimate of drug-likeness (QED) is 0.652. The summed E-state index contributed by atoms with van der Waals surface area (Å²) in [5, 5.41) is 2.79. The maximum Gasteiger partial charge on any atom is 0.219 e. The summed E-state index contributed by atoms with van der Waals surface area (Å²) in [6, 6.07) is 0. The van der Waals surface area contributed by atoms with E-state index in [1.165, 1.54) is 0 Å². The van der Waals surface area contributed by atoms with E-state index in [1.54, 1.807) is 0 Å². The number of rotatable bonds is 4. The van der Waals surface area contributed by atoms with Crippen LogP contribution >= 0.6 is 11.6 Å². The third-order valence-electron chi connectivity index (χ3n) is 1.54. The zero-order valence-electron chi connectivity index (χ0n) is 7.36. The molecule has 0 aliphatic rings. The van der Waals surface area contributed by atoms with Gasteiger partial charge in [-0.25, -0.2) is 0 Å². The van der Waals surface area contributed by atoms with Gasteiger partial charge in [-0.2, -0.15) is 0 Å². The summed E-state index contributed by atoms with van der Waals surface area (Å²) in [6.07, 6.45) is 0.529. The molecule has 0 aliphatic heterocycles. The lowest BCUT2D eigenvalue weighted by atomic mass is 10.1. The number of nitrogens with one attached hydrogen (secondary N) is 1. The second kappa shape index (κ2) is 5.42. The number of hydrogen-bond acceptors (Lipinski definition) is 1. The molecule has 0 aromatic rings. The maximum atomic E-state index is 10.8. The third kappa shape index (κ3) is 5.08. The highest BCUT2D eigenvalue weighted by Crippen LogP contribution is 2.07. The van der Waals surface area contributed by atoms with Crippen LogP contribution in [0.3, 0.4) is 0 Å². The fourth-order valence-electron chi connectivity index (χ4n) is 0.572. The molecule has 1 unspecified atom stereocenters. The Morgan fingerprint density at radius 1 is 1.55 bits per heavy atom. The molecule has 2 nitrogen and oxygen atoms in total. The van der Waals surface area contributed by atoms with Crippen molar-refractivity contribution in [3.63, 3.8) is 0 Å². The number of alkyl halides is 1. The number of carbonyl (C=O) groups excluding carboxylic acids is 1. The molecule has 0 aliphatic carbocycles. The topological polar surface area (TPSA) is 29.1 Å². The fraction of sp³-hybridized carbons (Fsp3) is 0.875. The summed E-state index contributed by atoms with van der Waals surface area (Å²) in [4.78, 5) is 10.8. The number of carbonyl (C=O) groups is 1. The van der Waals surface area contributed by atoms with Gasteiger partial charge in [-0.1, -0.05) is 20.8 Å². The number of amides is 1. The van der Waals surface area contributed by atoms with Crippen LogP contribution in [0.5, 0.6) is 0 Å². The van der Waals surface area contributed by atoms with Crippen LogP contribution in [0.25, 0.3) is 0 Å². The molecule has 11 heavy (non-hydrogen) atoms. The Morgan fingerprint density at radius 3 is 2.45 bits per heavy atom. The van der Waals surface area contributed by atoms with Gasteiger partial charge in [0.25, 0.3) is 0 Å². The highest BCUT2D eigenvalue weighted by Gasteiger charge is 2.09. The number of hydrogen-bond donors (Lipinski definition) is 1. The van der Waals surface area contributed by atoms with Crippen LogP contribution in [0.1, 0.15) is 27.2 Å². The van der Waals surface area contributed by atoms with E-state index in [2.05, 4.69) is 5.32 Å². The lowest BCUT2D eigenvalue weighted by Gasteiger charge is -2.13. The van der Waals surface area contributed by atoms with Crippen molar-refractivity contribution in [1.29, 1.82) is 0 Å². The van der Waals surface area contributed by atoms with E-state index in [9.17, 15) is 4.79 Å². The molecule has 0 aromatic carbocycles. The van der Waals surface area contributed by atoms with Crippen LogP contribution in [-0.2, 0) is 4.79 Å². The smallest absolute Gasteiger partial charge is 0.219 e. The Balaban J connectivity index is 3.45. The third-order valence-corrected chi connectivity index (χ3v) is 2.20. The van der Waals surface area contributed by atoms with Gasteiger partial charge in [0.1, 0.15) is 0 Å². The molecule has 0 fully saturated rings. The molecule has 0 radical (unpaired) electrons. The van der Waals surface area contributed by atoms with E-state index >= 15 is 0 Å². The lowest BCUT2D eigenvalue weighted by Crippen LogP contribution is -2.31. The van der Waals surface area contributed by atoms with Crippen molar-refractivity contribution in [3.8, 4) is 0 Å². The summed E-state index contributed by atoms with van der Waals surface area (Å²) in [6.45, 7) is 6.48. The molecule has 0 heterocycles. The first-order valence-electron chi connectivity index (χ1n) is 3.98. The van der Waals surface area contributed by atoms with Crippen molar-refractivity contribution in [2.45, 2.75) is 32.6 Å². The summed E-state index contributed by atoms with van der Waals surface area (Å²) >= 11 is 5.90. The first-order valence-corrected chi connectivity index (χ1v) is 4.42. The Morgan fingerprint density at radius 2 is 2.09 bits per heavy atom. The van der Waals surface area contributed by atoms with E-state index in [4.69, 9.17) is 11.6 Å². The average molecular weight is 178 g/mol. The van der Waals surface area contributed by atoms with Crippen molar-refractivity contribution in [2.24, 2.45) is 5.92 Å². The van der Waals surface area contributed by atoms with Gasteiger partial charge in [-0.15, -0.1) is 11.6 Å². The molecule has 1 atom stereocenters. The first-order chi connectivity index (χ1) is 5.07. The summed E-state index contributed by atoms with van der Waals surface area (Å²) in [5.41, 5.74) is 0. The SMILES string of the molecule is CCC(=O)NCC(Cl)C(C)C. The van der Waals surface area contributed by atoms with Crippen LogP contribution < -0.4 is 5.32 Å². The van der Waals surface area contributed by atoms with E-state index in [0.29, 0.717) is 18.9 Å². The molecular weight excluding hydrogens is 162 g/mol. The second-order valence-electron chi connectivity index (χ2n) is 2.92. The molecule has 1 N–H and O–H groups in total. The van der Waals surface area contributed by atoms with Gasteiger partial charge in [0.2, 0.25) is 5.91 Å². The molecule has 0 saturated carbocycles. The van der Waals surface area contributed by atoms with Crippen molar-refractivity contribution >= 4 is 17.5 Å². The molecule has 0 aromatic heterocycles. The Hall–Kier alpha value is -0.240. The molecule has 3 heteroatoms. The van der Waals surface area contributed by atoms with Gasteiger partial charge >= 0.3 is 0 Å². The summed E-state index contributed by atoms with van der Waals surface area (Å²) < 4.78 is 0. The average Bonchev–Trinajstić information content (AvgIpc) is 1.99. The predicted molar refractivity (Wildman–Crippen MR) is 47.8 cm³/mol. The number of halogens is 1. The van der Waals surface area contributed by atoms with Crippen molar-refractivity contribution < 1.29 is 4.79 Å². The standard InChI is InChI=1S/C8H16ClNO/c1-4-8(11)10-5-7(9)6(2)3/h6-7H,4-5H2,1-3H3,(H,10,11). The normalized spacial score (nSPS) is 13.2. The van der Waals surface area contributed by atoms with Gasteiger partial charge in [-0.3, -0.25) is 4.79 Å². The van der Waals surface area contributed by atoms with Crippen LogP contribution in [0.4, 0.5) is 0 Å². The van der Waals surface area contributed by atoms with Gasteiger partial charge in [0, 0.05) is 13.0 Å². The van der Waals surface area contributed by atoms with Gasteiger partial charge in [0.15, 0.2) is 0 Å². The lowest BCUT2D eigenvalue weighted by molar-refractivity contribution is -0.120. The van der Waals surface area contributed by atoms with Gasteiger partial charge < -0.3 is 5.32 Å². The largest absolute Gasteiger partial charge is 0.355 e. The summed E-state index contributed by atoms with van der Waals surface area (Å²) in [7, 11) is 0. The Bertz CT molecular complexity index is 125. The van der Waals surface area contributed by atoms with Crippen LogP contribution in [0.2, 0.25) is 0 Å². The molecule has 0 saturated heterocycles. The fourth-order valence-corrected chi connectivity index (χ4v) is 0.649. The second-order valence-corrected chi connectivity index (χ2v) is 3.48. The molecule has 0 spiro atoms. The van der Waals surface area contributed by atoms with Crippen LogP contribution in [0, 0.1) is 5.92 Å². The summed E-state index contributed by atoms with van der Waals surface area (Å²) in [5.74, 6) is 0.477. The van der Waals surface area contributed by atoms with Crippen LogP contribution in [-0.4, -0.2) is 17.8 Å². The molecular formula is C8H16ClNO. The minimum absolute atomic E-state index is 0.0468. The molecule has 0 bridgehead atoms. The minimum atomic E-state index is 0.0468. The zero-order chi connectivity index (χ0) is 8.85. The van der Waals surface area contributed by atoms with Gasteiger partial charge in [-0.05, 0) is 5.92 Å². The van der Waals surface area contributed by atoms with Crippen molar-refractivity contribution in [3.05, 3.63) is 0 Å². The van der Waals surface area contributed by atoms with Gasteiger partial charge in [0.05, 0.1) is 5.38 Å². The minimum Gasteiger partial charge on any atom is -0.355 e. The first kappa shape index (κ1) is 10.8. The van der Waals surface area contributed by atoms with Crippen LogP contribution in [0.15, 0.2) is 0 Å². The molecule has 0 rings (SSSR count). The highest BCUT2D eigenvalue weighted by molar-refractivity contribution is 6.21. The van der Waals surface area contributed by atoms with Crippen molar-refractivity contribution in [2.75, 3.05) is 6.54 Å². The van der Waals surface area contributed by atoms with Crippen molar-refractivity contribution in [1.82, 2.24) is 5.32 Å². The van der Waals surface area contributed by atoms with E-state index in [-0.39, 0.29) is 11.3 Å². The highest BCUT2D eigenvalue weighted by atomic mass is 35.5.